The van der Waals surface area contributed by atoms with Crippen molar-refractivity contribution in [2.24, 2.45) is 0 Å². The molecule has 0 fully saturated rings. The molecule has 0 unspecified atom stereocenters. The van der Waals surface area contributed by atoms with E-state index in [2.05, 4.69) is 5.32 Å². The molecule has 0 aliphatic carbocycles. The first kappa shape index (κ1) is 21.6. The molecule has 0 aliphatic rings. The largest absolute Gasteiger partial charge is 0.462 e. The molecule has 28 heavy (non-hydrogen) atoms. The molecule has 1 aromatic heterocycles. The van der Waals surface area contributed by atoms with Gasteiger partial charge in [-0.1, -0.05) is 17.7 Å². The third-order valence-electron chi connectivity index (χ3n) is 4.22. The Kier molecular flexibility index (Phi) is 6.96. The molecule has 1 heterocycles. The van der Waals surface area contributed by atoms with Crippen LogP contribution in [0.25, 0.3) is 0 Å². The van der Waals surface area contributed by atoms with Crippen molar-refractivity contribution in [3.8, 4) is 0 Å². The smallest absolute Gasteiger partial charge is 0.348 e. The predicted molar refractivity (Wildman–Crippen MR) is 110 cm³/mol. The van der Waals surface area contributed by atoms with Gasteiger partial charge in [0.05, 0.1) is 18.8 Å². The summed E-state index contributed by atoms with van der Waals surface area (Å²) in [4.78, 5) is 37.9. The quantitative estimate of drug-likeness (QED) is 0.714. The summed E-state index contributed by atoms with van der Waals surface area (Å²) in [6.07, 6.45) is 0. The Morgan fingerprint density at radius 3 is 1.96 bits per heavy atom. The van der Waals surface area contributed by atoms with Crippen molar-refractivity contribution in [2.75, 3.05) is 18.5 Å². The maximum atomic E-state index is 12.9. The van der Waals surface area contributed by atoms with Crippen molar-refractivity contribution in [1.82, 2.24) is 0 Å². The molecule has 1 amide bonds. The van der Waals surface area contributed by atoms with Crippen LogP contribution in [0.1, 0.15) is 66.5 Å². The molecule has 0 atom stereocenters. The number of nitrogens with one attached hydrogen (secondary N) is 1. The Bertz CT molecular complexity index is 906. The van der Waals surface area contributed by atoms with Crippen LogP contribution in [0.2, 0.25) is 0 Å². The fraction of sp³-hybridized carbons (Fsp3) is 0.381. The lowest BCUT2D eigenvalue weighted by Gasteiger charge is -2.12. The van der Waals surface area contributed by atoms with Crippen molar-refractivity contribution in [1.29, 1.82) is 0 Å². The van der Waals surface area contributed by atoms with Crippen LogP contribution in [-0.2, 0) is 9.47 Å². The van der Waals surface area contributed by atoms with Gasteiger partial charge < -0.3 is 14.8 Å². The molecule has 7 heteroatoms. The van der Waals surface area contributed by atoms with Crippen LogP contribution in [0.15, 0.2) is 12.1 Å². The van der Waals surface area contributed by atoms with Crippen LogP contribution in [0.3, 0.4) is 0 Å². The van der Waals surface area contributed by atoms with Crippen LogP contribution >= 0.6 is 11.3 Å². The highest BCUT2D eigenvalue weighted by Crippen LogP contribution is 2.35. The number of anilines is 1. The van der Waals surface area contributed by atoms with Crippen LogP contribution in [-0.4, -0.2) is 31.1 Å². The topological polar surface area (TPSA) is 81.7 Å². The molecular formula is C21H25NO5S. The van der Waals surface area contributed by atoms with Crippen LogP contribution in [0, 0.1) is 27.7 Å². The molecule has 1 N–H and O–H groups in total. The minimum atomic E-state index is -0.584. The molecule has 2 aromatic rings. The van der Waals surface area contributed by atoms with Crippen molar-refractivity contribution in [2.45, 2.75) is 41.5 Å². The highest BCUT2D eigenvalue weighted by Gasteiger charge is 2.28. The van der Waals surface area contributed by atoms with Gasteiger partial charge in [-0.05, 0) is 58.2 Å². The van der Waals surface area contributed by atoms with Crippen molar-refractivity contribution in [3.05, 3.63) is 50.4 Å². The first-order valence-electron chi connectivity index (χ1n) is 9.08. The number of ether oxygens (including phenoxy) is 2. The van der Waals surface area contributed by atoms with Crippen LogP contribution in [0.5, 0.6) is 0 Å². The fourth-order valence-electron chi connectivity index (χ4n) is 3.15. The number of benzene rings is 1. The lowest BCUT2D eigenvalue weighted by Crippen LogP contribution is -2.17. The number of thiophene rings is 1. The third kappa shape index (κ3) is 4.42. The maximum absolute atomic E-state index is 12.9. The Morgan fingerprint density at radius 2 is 1.43 bits per heavy atom. The molecule has 0 bridgehead atoms. The van der Waals surface area contributed by atoms with Gasteiger partial charge in [0.2, 0.25) is 0 Å². The van der Waals surface area contributed by atoms with Gasteiger partial charge in [0, 0.05) is 5.56 Å². The van der Waals surface area contributed by atoms with Crippen molar-refractivity contribution in [3.63, 3.8) is 0 Å². The highest BCUT2D eigenvalue weighted by atomic mass is 32.1. The second-order valence-corrected chi connectivity index (χ2v) is 7.45. The number of hydrogen-bond acceptors (Lipinski definition) is 6. The van der Waals surface area contributed by atoms with Gasteiger partial charge in [-0.25, -0.2) is 9.59 Å². The fourth-order valence-corrected chi connectivity index (χ4v) is 4.23. The average molecular weight is 404 g/mol. The van der Waals surface area contributed by atoms with Crippen molar-refractivity contribution >= 4 is 34.2 Å². The molecule has 6 nitrogen and oxygen atoms in total. The average Bonchev–Trinajstić information content (AvgIpc) is 2.90. The van der Waals surface area contributed by atoms with Gasteiger partial charge in [-0.3, -0.25) is 4.79 Å². The highest BCUT2D eigenvalue weighted by molar-refractivity contribution is 7.18. The normalized spacial score (nSPS) is 10.5. The summed E-state index contributed by atoms with van der Waals surface area (Å²) in [6.45, 7) is 11.2. The number of amides is 1. The Morgan fingerprint density at radius 1 is 0.893 bits per heavy atom. The van der Waals surface area contributed by atoms with E-state index in [1.807, 2.05) is 32.9 Å². The van der Waals surface area contributed by atoms with Gasteiger partial charge in [-0.15, -0.1) is 11.3 Å². The number of hydrogen-bond donors (Lipinski definition) is 1. The van der Waals surface area contributed by atoms with E-state index >= 15 is 0 Å². The minimum Gasteiger partial charge on any atom is -0.462 e. The zero-order chi connectivity index (χ0) is 21.0. The first-order chi connectivity index (χ1) is 13.2. The van der Waals surface area contributed by atoms with Crippen LogP contribution in [0.4, 0.5) is 5.00 Å². The maximum Gasteiger partial charge on any atom is 0.348 e. The predicted octanol–water partition coefficient (Wildman–Crippen LogP) is 4.59. The molecule has 0 saturated carbocycles. The van der Waals surface area contributed by atoms with Crippen molar-refractivity contribution < 1.29 is 23.9 Å². The molecule has 0 saturated heterocycles. The van der Waals surface area contributed by atoms with E-state index in [4.69, 9.17) is 9.47 Å². The zero-order valence-corrected chi connectivity index (χ0v) is 17.8. The number of carbonyl (C=O) groups excluding carboxylic acids is 3. The Balaban J connectivity index is 2.49. The summed E-state index contributed by atoms with van der Waals surface area (Å²) in [7, 11) is 0. The van der Waals surface area contributed by atoms with E-state index in [1.165, 1.54) is 0 Å². The third-order valence-corrected chi connectivity index (χ3v) is 5.41. The van der Waals surface area contributed by atoms with Gasteiger partial charge in [0.15, 0.2) is 0 Å². The second-order valence-electron chi connectivity index (χ2n) is 6.43. The monoisotopic (exact) mass is 403 g/mol. The first-order valence-corrected chi connectivity index (χ1v) is 9.89. The summed E-state index contributed by atoms with van der Waals surface area (Å²) in [5.74, 6) is -1.45. The van der Waals surface area contributed by atoms with E-state index in [0.717, 1.165) is 28.0 Å². The number of esters is 2. The van der Waals surface area contributed by atoms with E-state index in [9.17, 15) is 14.4 Å². The number of aryl methyl sites for hydroxylation is 3. The SMILES string of the molecule is CCOC(=O)c1sc(NC(=O)c2c(C)cc(C)cc2C)c(C(=O)OCC)c1C. The van der Waals surface area contributed by atoms with E-state index in [0.29, 0.717) is 11.1 Å². The second kappa shape index (κ2) is 9.01. The Hall–Kier alpha value is -2.67. The summed E-state index contributed by atoms with van der Waals surface area (Å²) in [5.41, 5.74) is 3.91. The van der Waals surface area contributed by atoms with E-state index < -0.39 is 11.9 Å². The molecule has 1 aromatic carbocycles. The van der Waals surface area contributed by atoms with E-state index in [1.54, 1.807) is 20.8 Å². The summed E-state index contributed by atoms with van der Waals surface area (Å²) in [5, 5.41) is 3.08. The molecule has 0 radical (unpaired) electrons. The standard InChI is InChI=1S/C21H25NO5S/c1-7-26-20(24)16-14(6)17(21(25)27-8-2)28-19(16)22-18(23)15-12(4)9-11(3)10-13(15)5/h9-10H,7-8H2,1-6H3,(H,22,23). The number of rotatable bonds is 6. The van der Waals surface area contributed by atoms with Crippen LogP contribution < -0.4 is 5.32 Å². The summed E-state index contributed by atoms with van der Waals surface area (Å²) >= 11 is 1.02. The van der Waals surface area contributed by atoms with Gasteiger partial charge >= 0.3 is 11.9 Å². The van der Waals surface area contributed by atoms with Gasteiger partial charge in [-0.2, -0.15) is 0 Å². The number of carbonyl (C=O) groups is 3. The molecule has 2 rings (SSSR count). The van der Waals surface area contributed by atoms with Gasteiger partial charge in [0.25, 0.3) is 5.91 Å². The molecule has 150 valence electrons. The van der Waals surface area contributed by atoms with E-state index in [-0.39, 0.29) is 34.6 Å². The zero-order valence-electron chi connectivity index (χ0n) is 17.0. The summed E-state index contributed by atoms with van der Waals surface area (Å²) < 4.78 is 10.2. The molecular weight excluding hydrogens is 378 g/mol. The van der Waals surface area contributed by atoms with Gasteiger partial charge in [0.1, 0.15) is 9.88 Å². The minimum absolute atomic E-state index is 0.186. The lowest BCUT2D eigenvalue weighted by atomic mass is 9.99. The molecule has 0 aliphatic heterocycles. The summed E-state index contributed by atoms with van der Waals surface area (Å²) in [6, 6.07) is 3.86. The lowest BCUT2D eigenvalue weighted by molar-refractivity contribution is 0.0527. The Labute approximate surface area is 168 Å². The molecule has 0 spiro atoms.